The topological polar surface area (TPSA) is 49.3 Å². The van der Waals surface area contributed by atoms with Crippen molar-refractivity contribution >= 4 is 29.9 Å². The minimum absolute atomic E-state index is 0. The molecule has 2 N–H and O–H groups in total. The van der Waals surface area contributed by atoms with E-state index in [1.165, 1.54) is 25.7 Å². The van der Waals surface area contributed by atoms with Crippen LogP contribution in [0.15, 0.2) is 29.4 Å². The van der Waals surface area contributed by atoms with Gasteiger partial charge in [-0.1, -0.05) is 32.3 Å². The Morgan fingerprint density at radius 3 is 2.77 bits per heavy atom. The quantitative estimate of drug-likeness (QED) is 0.440. The first kappa shape index (κ1) is 19.2. The number of nitrogens with one attached hydrogen (secondary N) is 2. The van der Waals surface area contributed by atoms with Gasteiger partial charge in [-0.2, -0.15) is 0 Å². The number of hydrogen-bond acceptors (Lipinski definition) is 2. The van der Waals surface area contributed by atoms with Crippen LogP contribution in [0.4, 0.5) is 0 Å². The van der Waals surface area contributed by atoms with Crippen LogP contribution in [0.5, 0.6) is 0 Å². The van der Waals surface area contributed by atoms with Crippen LogP contribution in [-0.2, 0) is 6.42 Å². The summed E-state index contributed by atoms with van der Waals surface area (Å²) in [6.07, 6.45) is 8.25. The Kier molecular flexibility index (Phi) is 9.43. The molecule has 1 heterocycles. The number of rotatable bonds is 5. The van der Waals surface area contributed by atoms with E-state index >= 15 is 0 Å². The fraction of sp³-hybridized carbons (Fsp3) is 0.647. The van der Waals surface area contributed by atoms with Gasteiger partial charge in [0.1, 0.15) is 0 Å². The highest BCUT2D eigenvalue weighted by atomic mass is 127. The first-order valence-electron chi connectivity index (χ1n) is 8.14. The maximum atomic E-state index is 4.33. The molecule has 0 spiro atoms. The van der Waals surface area contributed by atoms with E-state index in [0.29, 0.717) is 0 Å². The number of aliphatic imine (C=N–C) groups is 1. The van der Waals surface area contributed by atoms with Crippen molar-refractivity contribution in [2.45, 2.75) is 39.0 Å². The lowest BCUT2D eigenvalue weighted by Gasteiger charge is -2.29. The molecule has 0 aromatic carbocycles. The van der Waals surface area contributed by atoms with Crippen LogP contribution in [0.3, 0.4) is 0 Å². The average molecular weight is 416 g/mol. The summed E-state index contributed by atoms with van der Waals surface area (Å²) in [4.78, 5) is 8.63. The molecule has 0 aliphatic heterocycles. The van der Waals surface area contributed by atoms with Crippen molar-refractivity contribution in [3.8, 4) is 0 Å². The normalized spacial score (nSPS) is 21.8. The molecule has 124 valence electrons. The van der Waals surface area contributed by atoms with Crippen molar-refractivity contribution in [1.29, 1.82) is 0 Å². The molecule has 0 amide bonds. The van der Waals surface area contributed by atoms with E-state index < -0.39 is 0 Å². The standard InChI is InChI=1S/C17H28N4.HI/c1-14-7-3-4-8-15(14)13-21-17(18-2)20-12-10-16-9-5-6-11-19-16;/h5-6,9,11,14-15H,3-4,7-8,10,12-13H2,1-2H3,(H2,18,20,21);1H. The lowest BCUT2D eigenvalue weighted by Crippen LogP contribution is -2.42. The van der Waals surface area contributed by atoms with Crippen LogP contribution >= 0.6 is 24.0 Å². The first-order chi connectivity index (χ1) is 10.3. The van der Waals surface area contributed by atoms with Crippen molar-refractivity contribution < 1.29 is 0 Å². The molecule has 1 aromatic heterocycles. The highest BCUT2D eigenvalue weighted by molar-refractivity contribution is 14.0. The lowest BCUT2D eigenvalue weighted by molar-refractivity contribution is 0.256. The van der Waals surface area contributed by atoms with Gasteiger partial charge in [0.2, 0.25) is 0 Å². The second-order valence-corrected chi connectivity index (χ2v) is 5.97. The highest BCUT2D eigenvalue weighted by Gasteiger charge is 2.21. The molecule has 0 saturated heterocycles. The molecule has 1 fully saturated rings. The molecule has 2 atom stereocenters. The number of nitrogens with zero attached hydrogens (tertiary/aromatic N) is 2. The summed E-state index contributed by atoms with van der Waals surface area (Å²) in [6, 6.07) is 6.03. The fourth-order valence-corrected chi connectivity index (χ4v) is 3.00. The van der Waals surface area contributed by atoms with E-state index in [-0.39, 0.29) is 24.0 Å². The third-order valence-corrected chi connectivity index (χ3v) is 4.44. The summed E-state index contributed by atoms with van der Waals surface area (Å²) in [7, 11) is 1.83. The van der Waals surface area contributed by atoms with Crippen LogP contribution in [-0.4, -0.2) is 31.1 Å². The van der Waals surface area contributed by atoms with Crippen molar-refractivity contribution in [2.24, 2.45) is 16.8 Å². The van der Waals surface area contributed by atoms with E-state index in [1.807, 2.05) is 25.4 Å². The molecule has 22 heavy (non-hydrogen) atoms. The first-order valence-corrected chi connectivity index (χ1v) is 8.14. The van der Waals surface area contributed by atoms with E-state index in [4.69, 9.17) is 0 Å². The van der Waals surface area contributed by atoms with Crippen molar-refractivity contribution in [1.82, 2.24) is 15.6 Å². The van der Waals surface area contributed by atoms with Crippen LogP contribution in [0.1, 0.15) is 38.3 Å². The second kappa shape index (κ2) is 10.8. The number of hydrogen-bond donors (Lipinski definition) is 2. The summed E-state index contributed by atoms with van der Waals surface area (Å²) in [5.74, 6) is 2.52. The highest BCUT2D eigenvalue weighted by Crippen LogP contribution is 2.28. The molecule has 2 rings (SSSR count). The summed E-state index contributed by atoms with van der Waals surface area (Å²) in [5, 5.41) is 6.85. The molecule has 4 nitrogen and oxygen atoms in total. The van der Waals surface area contributed by atoms with Crippen LogP contribution in [0, 0.1) is 11.8 Å². The van der Waals surface area contributed by atoms with E-state index in [0.717, 1.165) is 43.0 Å². The molecule has 0 bridgehead atoms. The van der Waals surface area contributed by atoms with Crippen LogP contribution < -0.4 is 10.6 Å². The number of aromatic nitrogens is 1. The molecular weight excluding hydrogens is 387 g/mol. The van der Waals surface area contributed by atoms with Gasteiger partial charge in [0.15, 0.2) is 5.96 Å². The van der Waals surface area contributed by atoms with E-state index in [1.54, 1.807) is 0 Å². The lowest BCUT2D eigenvalue weighted by atomic mass is 9.80. The van der Waals surface area contributed by atoms with Gasteiger partial charge in [0, 0.05) is 38.4 Å². The molecule has 1 aliphatic rings. The summed E-state index contributed by atoms with van der Waals surface area (Å²) < 4.78 is 0. The summed E-state index contributed by atoms with van der Waals surface area (Å²) in [6.45, 7) is 4.27. The fourth-order valence-electron chi connectivity index (χ4n) is 3.00. The second-order valence-electron chi connectivity index (χ2n) is 5.97. The maximum absolute atomic E-state index is 4.33. The Labute approximate surface area is 151 Å². The van der Waals surface area contributed by atoms with Gasteiger partial charge < -0.3 is 10.6 Å². The zero-order chi connectivity index (χ0) is 14.9. The van der Waals surface area contributed by atoms with Gasteiger partial charge in [-0.15, -0.1) is 24.0 Å². The van der Waals surface area contributed by atoms with Crippen molar-refractivity contribution in [2.75, 3.05) is 20.1 Å². The van der Waals surface area contributed by atoms with Gasteiger partial charge in [-0.25, -0.2) is 0 Å². The van der Waals surface area contributed by atoms with Crippen molar-refractivity contribution in [3.05, 3.63) is 30.1 Å². The Morgan fingerprint density at radius 2 is 2.09 bits per heavy atom. The third-order valence-electron chi connectivity index (χ3n) is 4.44. The monoisotopic (exact) mass is 416 g/mol. The van der Waals surface area contributed by atoms with E-state index in [9.17, 15) is 0 Å². The zero-order valence-corrected chi connectivity index (χ0v) is 16.0. The van der Waals surface area contributed by atoms with Gasteiger partial charge in [-0.05, 0) is 30.4 Å². The largest absolute Gasteiger partial charge is 0.356 e. The molecule has 1 aliphatic carbocycles. The Morgan fingerprint density at radius 1 is 1.27 bits per heavy atom. The van der Waals surface area contributed by atoms with Crippen LogP contribution in [0.25, 0.3) is 0 Å². The van der Waals surface area contributed by atoms with Gasteiger partial charge in [0.25, 0.3) is 0 Å². The number of pyridine rings is 1. The Bertz CT molecular complexity index is 436. The molecule has 1 saturated carbocycles. The van der Waals surface area contributed by atoms with Crippen molar-refractivity contribution in [3.63, 3.8) is 0 Å². The SMILES string of the molecule is CN=C(NCCc1ccccn1)NCC1CCCCC1C.I. The molecule has 1 aromatic rings. The van der Waals surface area contributed by atoms with Crippen LogP contribution in [0.2, 0.25) is 0 Å². The van der Waals surface area contributed by atoms with Gasteiger partial charge in [0.05, 0.1) is 0 Å². The maximum Gasteiger partial charge on any atom is 0.190 e. The zero-order valence-electron chi connectivity index (χ0n) is 13.7. The van der Waals surface area contributed by atoms with Gasteiger partial charge in [-0.3, -0.25) is 9.98 Å². The smallest absolute Gasteiger partial charge is 0.190 e. The average Bonchev–Trinajstić information content (AvgIpc) is 2.53. The number of guanidine groups is 1. The predicted octanol–water partition coefficient (Wildman–Crippen LogP) is 3.23. The summed E-state index contributed by atoms with van der Waals surface area (Å²) >= 11 is 0. The third kappa shape index (κ3) is 6.50. The minimum atomic E-state index is 0. The molecular formula is C17H29IN4. The number of halogens is 1. The van der Waals surface area contributed by atoms with E-state index in [2.05, 4.69) is 33.6 Å². The molecule has 2 unspecified atom stereocenters. The predicted molar refractivity (Wildman–Crippen MR) is 104 cm³/mol. The summed E-state index contributed by atoms with van der Waals surface area (Å²) in [5.41, 5.74) is 1.11. The Hall–Kier alpha value is -0.850. The van der Waals surface area contributed by atoms with Gasteiger partial charge >= 0.3 is 0 Å². The minimum Gasteiger partial charge on any atom is -0.356 e. The molecule has 0 radical (unpaired) electrons. The molecule has 5 heteroatoms. The Balaban J connectivity index is 0.00000242.